The molecule has 1 aliphatic heterocycles. The number of hydrogen-bond donors (Lipinski definition) is 1. The first-order valence-corrected chi connectivity index (χ1v) is 10.5. The molecule has 3 aromatic rings. The Labute approximate surface area is 153 Å². The Balaban J connectivity index is 1.59. The van der Waals surface area contributed by atoms with Crippen LogP contribution in [0.25, 0.3) is 10.2 Å². The minimum absolute atomic E-state index is 0.185. The summed E-state index contributed by atoms with van der Waals surface area (Å²) in [4.78, 5) is 16.9. The van der Waals surface area contributed by atoms with Crippen molar-refractivity contribution in [3.8, 4) is 0 Å². The van der Waals surface area contributed by atoms with Crippen molar-refractivity contribution < 1.29 is 17.9 Å². The van der Waals surface area contributed by atoms with Crippen molar-refractivity contribution in [2.24, 2.45) is 0 Å². The largest absolute Gasteiger partial charge is 0.376 e. The Hall–Kier alpha value is -2.43. The Morgan fingerprint density at radius 2 is 2.12 bits per heavy atom. The number of aromatic nitrogens is 3. The second kappa shape index (κ2) is 6.38. The summed E-state index contributed by atoms with van der Waals surface area (Å²) in [6.07, 6.45) is 1.83. The third kappa shape index (κ3) is 3.30. The summed E-state index contributed by atoms with van der Waals surface area (Å²) in [5.74, 6) is -0.423. The van der Waals surface area contributed by atoms with Gasteiger partial charge in [0, 0.05) is 18.2 Å². The maximum Gasteiger partial charge on any atom is 0.277 e. The number of ether oxygens (including phenoxy) is 1. The fourth-order valence-electron chi connectivity index (χ4n) is 2.60. The van der Waals surface area contributed by atoms with Gasteiger partial charge in [0.25, 0.3) is 5.91 Å². The summed E-state index contributed by atoms with van der Waals surface area (Å²) >= 11 is 1.20. The number of carbonyl (C=O) groups excluding carboxylic acids is 1. The van der Waals surface area contributed by atoms with Crippen molar-refractivity contribution >= 4 is 42.4 Å². The monoisotopic (exact) mass is 390 g/mol. The van der Waals surface area contributed by atoms with Crippen LogP contribution < -0.4 is 5.32 Å². The highest BCUT2D eigenvalue weighted by molar-refractivity contribution is 7.90. The molecule has 0 atom stereocenters. The lowest BCUT2D eigenvalue weighted by molar-refractivity contribution is 0.101. The van der Waals surface area contributed by atoms with Crippen LogP contribution in [-0.4, -0.2) is 42.4 Å². The highest BCUT2D eigenvalue weighted by atomic mass is 32.2. The van der Waals surface area contributed by atoms with Crippen molar-refractivity contribution in [1.29, 1.82) is 0 Å². The number of amides is 1. The summed E-state index contributed by atoms with van der Waals surface area (Å²) in [5, 5.41) is 11.1. The summed E-state index contributed by atoms with van der Waals surface area (Å²) < 4.78 is 29.3. The number of thiazole rings is 1. The van der Waals surface area contributed by atoms with Crippen molar-refractivity contribution in [1.82, 2.24) is 15.2 Å². The molecule has 2 aromatic heterocycles. The number of hydrogen-bond acceptors (Lipinski definition) is 8. The Morgan fingerprint density at radius 1 is 1.27 bits per heavy atom. The van der Waals surface area contributed by atoms with E-state index in [4.69, 9.17) is 4.74 Å². The van der Waals surface area contributed by atoms with Gasteiger partial charge in [-0.1, -0.05) is 11.3 Å². The van der Waals surface area contributed by atoms with Crippen molar-refractivity contribution in [2.45, 2.75) is 17.9 Å². The van der Waals surface area contributed by atoms with Gasteiger partial charge in [0.2, 0.25) is 0 Å². The summed E-state index contributed by atoms with van der Waals surface area (Å²) in [5.41, 5.74) is 2.51. The van der Waals surface area contributed by atoms with Crippen LogP contribution in [0.1, 0.15) is 21.7 Å². The molecule has 1 aliphatic rings. The Morgan fingerprint density at radius 3 is 2.92 bits per heavy atom. The van der Waals surface area contributed by atoms with Crippen molar-refractivity contribution in [2.75, 3.05) is 18.2 Å². The topological polar surface area (TPSA) is 111 Å². The molecule has 1 aromatic carbocycles. The number of sulfone groups is 1. The van der Waals surface area contributed by atoms with E-state index in [-0.39, 0.29) is 10.6 Å². The zero-order valence-corrected chi connectivity index (χ0v) is 15.4. The zero-order valence-electron chi connectivity index (χ0n) is 13.7. The maximum atomic E-state index is 12.4. The molecule has 26 heavy (non-hydrogen) atoms. The molecule has 10 heteroatoms. The summed E-state index contributed by atoms with van der Waals surface area (Å²) in [7, 11) is -3.30. The predicted octanol–water partition coefficient (Wildman–Crippen LogP) is 1.81. The number of nitrogens with one attached hydrogen (secondary N) is 1. The molecule has 1 N–H and O–H groups in total. The standard InChI is InChI=1S/C16H14N4O4S2/c1-26(22,23)10-2-3-12-14(7-10)25-16(17-12)18-15(21)13-6-9-8-24-5-4-11(9)19-20-13/h2-3,6-7H,4-5,8H2,1H3,(H,17,18,21). The molecule has 8 nitrogen and oxygen atoms in total. The zero-order chi connectivity index (χ0) is 18.3. The molecule has 0 bridgehead atoms. The number of carbonyl (C=O) groups is 1. The van der Waals surface area contributed by atoms with Gasteiger partial charge in [-0.2, -0.15) is 5.10 Å². The molecule has 0 saturated carbocycles. The molecule has 0 radical (unpaired) electrons. The van der Waals surface area contributed by atoms with E-state index in [2.05, 4.69) is 20.5 Å². The second-order valence-corrected chi connectivity index (χ2v) is 8.93. The van der Waals surface area contributed by atoms with Crippen LogP contribution in [0.15, 0.2) is 29.2 Å². The van der Waals surface area contributed by atoms with E-state index in [9.17, 15) is 13.2 Å². The summed E-state index contributed by atoms with van der Waals surface area (Å²) in [6.45, 7) is 1.02. The first-order chi connectivity index (χ1) is 12.4. The Bertz CT molecular complexity index is 1120. The van der Waals surface area contributed by atoms with E-state index >= 15 is 0 Å². The highest BCUT2D eigenvalue weighted by Crippen LogP contribution is 2.28. The normalized spacial score (nSPS) is 14.2. The van der Waals surface area contributed by atoms with E-state index in [1.54, 1.807) is 18.2 Å². The summed E-state index contributed by atoms with van der Waals surface area (Å²) in [6, 6.07) is 6.34. The first-order valence-electron chi connectivity index (χ1n) is 7.75. The number of nitrogens with zero attached hydrogens (tertiary/aromatic N) is 3. The van der Waals surface area contributed by atoms with E-state index in [1.165, 1.54) is 17.4 Å². The average molecular weight is 390 g/mol. The van der Waals surface area contributed by atoms with Crippen LogP contribution in [0, 0.1) is 0 Å². The molecule has 0 unspecified atom stereocenters. The van der Waals surface area contributed by atoms with Gasteiger partial charge in [-0.15, -0.1) is 5.10 Å². The smallest absolute Gasteiger partial charge is 0.277 e. The Kier molecular flexibility index (Phi) is 4.17. The number of benzene rings is 1. The minimum atomic E-state index is -3.30. The van der Waals surface area contributed by atoms with Gasteiger partial charge in [-0.3, -0.25) is 10.1 Å². The average Bonchev–Trinajstić information content (AvgIpc) is 3.01. The quantitative estimate of drug-likeness (QED) is 0.726. The molecular formula is C16H14N4O4S2. The number of fused-ring (bicyclic) bond motifs is 2. The van der Waals surface area contributed by atoms with Gasteiger partial charge < -0.3 is 4.74 Å². The molecule has 1 amide bonds. The van der Waals surface area contributed by atoms with Crippen LogP contribution in [0.3, 0.4) is 0 Å². The van der Waals surface area contributed by atoms with E-state index in [1.807, 2.05) is 0 Å². The van der Waals surface area contributed by atoms with E-state index in [0.717, 1.165) is 17.5 Å². The first kappa shape index (κ1) is 17.0. The fourth-order valence-corrected chi connectivity index (χ4v) is 4.23. The highest BCUT2D eigenvalue weighted by Gasteiger charge is 2.17. The van der Waals surface area contributed by atoms with Crippen molar-refractivity contribution in [3.05, 3.63) is 41.2 Å². The molecule has 0 saturated heterocycles. The lowest BCUT2D eigenvalue weighted by atomic mass is 10.1. The van der Waals surface area contributed by atoms with Crippen molar-refractivity contribution in [3.63, 3.8) is 0 Å². The van der Waals surface area contributed by atoms with Gasteiger partial charge in [0.1, 0.15) is 0 Å². The lowest BCUT2D eigenvalue weighted by Crippen LogP contribution is -2.18. The molecule has 0 spiro atoms. The van der Waals surface area contributed by atoms with Gasteiger partial charge >= 0.3 is 0 Å². The van der Waals surface area contributed by atoms with Gasteiger partial charge in [0.05, 0.1) is 34.0 Å². The lowest BCUT2D eigenvalue weighted by Gasteiger charge is -2.14. The van der Waals surface area contributed by atoms with Crippen LogP contribution in [0.2, 0.25) is 0 Å². The molecule has 4 rings (SSSR count). The third-order valence-electron chi connectivity index (χ3n) is 3.94. The number of anilines is 1. The maximum absolute atomic E-state index is 12.4. The van der Waals surface area contributed by atoms with Gasteiger partial charge in [0.15, 0.2) is 20.7 Å². The van der Waals surface area contributed by atoms with Crippen LogP contribution in [0.4, 0.5) is 5.13 Å². The molecule has 3 heterocycles. The van der Waals surface area contributed by atoms with Crippen LogP contribution >= 0.6 is 11.3 Å². The third-order valence-corrected chi connectivity index (χ3v) is 5.99. The van der Waals surface area contributed by atoms with Crippen LogP contribution in [-0.2, 0) is 27.6 Å². The molecule has 0 aliphatic carbocycles. The van der Waals surface area contributed by atoms with E-state index < -0.39 is 15.7 Å². The van der Waals surface area contributed by atoms with Gasteiger partial charge in [-0.05, 0) is 24.3 Å². The number of rotatable bonds is 3. The molecular weight excluding hydrogens is 376 g/mol. The second-order valence-electron chi connectivity index (χ2n) is 5.88. The SMILES string of the molecule is CS(=O)(=O)c1ccc2nc(NC(=O)c3cc4c(nn3)CCOC4)sc2c1. The van der Waals surface area contributed by atoms with E-state index in [0.29, 0.717) is 35.0 Å². The fraction of sp³-hybridized carbons (Fsp3) is 0.250. The van der Waals surface area contributed by atoms with Crippen LogP contribution in [0.5, 0.6) is 0 Å². The minimum Gasteiger partial charge on any atom is -0.376 e. The molecule has 0 fully saturated rings. The molecule has 134 valence electrons. The van der Waals surface area contributed by atoms with Gasteiger partial charge in [-0.25, -0.2) is 13.4 Å². The predicted molar refractivity (Wildman–Crippen MR) is 96.1 cm³/mol.